The number of unbranched alkanes of at least 4 members (excludes halogenated alkanes) is 3. The van der Waals surface area contributed by atoms with E-state index in [1.807, 2.05) is 18.2 Å². The molecule has 0 spiro atoms. The van der Waals surface area contributed by atoms with Crippen molar-refractivity contribution >= 4 is 46.0 Å². The van der Waals surface area contributed by atoms with Gasteiger partial charge in [-0.2, -0.15) is 0 Å². The highest BCUT2D eigenvalue weighted by Crippen LogP contribution is 2.23. The molecule has 0 heterocycles. The molecule has 0 aliphatic heterocycles. The molecule has 3 rings (SSSR count). The zero-order chi connectivity index (χ0) is 32.4. The number of urea groups is 1. The lowest BCUT2D eigenvalue weighted by atomic mass is 10.1. The minimum absolute atomic E-state index is 0.0208. The molecule has 0 fully saturated rings. The molecule has 12 heteroatoms. The van der Waals surface area contributed by atoms with Crippen LogP contribution < -0.4 is 15.7 Å². The van der Waals surface area contributed by atoms with E-state index in [4.69, 9.17) is 14.3 Å². The Hall–Kier alpha value is -3.27. The van der Waals surface area contributed by atoms with Crippen LogP contribution in [0, 0.1) is 3.57 Å². The van der Waals surface area contributed by atoms with Crippen LogP contribution in [0.15, 0.2) is 66.7 Å². The predicted octanol–water partition coefficient (Wildman–Crippen LogP) is 5.42. The zero-order valence-corrected chi connectivity index (χ0v) is 27.6. The normalized spacial score (nSPS) is 11.6. The molecule has 45 heavy (non-hydrogen) atoms. The molecule has 0 aliphatic carbocycles. The summed E-state index contributed by atoms with van der Waals surface area (Å²) in [4.78, 5) is 29.8. The largest absolute Gasteiger partial charge is 0.508 e. The van der Waals surface area contributed by atoms with Crippen molar-refractivity contribution < 1.29 is 39.2 Å². The number of nitrogens with one attached hydrogen (secondary N) is 2. The van der Waals surface area contributed by atoms with E-state index in [1.54, 1.807) is 42.5 Å². The van der Waals surface area contributed by atoms with Crippen LogP contribution in [-0.4, -0.2) is 60.2 Å². The second kappa shape index (κ2) is 20.0. The number of aromatic hydroxyl groups is 1. The molecule has 0 aromatic heterocycles. The number of rotatable bonds is 18. The number of aliphatic hydroxyl groups excluding tert-OH is 2. The summed E-state index contributed by atoms with van der Waals surface area (Å²) in [5.41, 5.74) is 2.84. The highest BCUT2D eigenvalue weighted by molar-refractivity contribution is 14.1. The maximum absolute atomic E-state index is 12.9. The van der Waals surface area contributed by atoms with Crippen LogP contribution in [0.4, 0.5) is 16.2 Å². The molecule has 0 aliphatic rings. The average Bonchev–Trinajstić information content (AvgIpc) is 3.02. The first-order valence-electron chi connectivity index (χ1n) is 14.9. The van der Waals surface area contributed by atoms with E-state index < -0.39 is 18.1 Å². The summed E-state index contributed by atoms with van der Waals surface area (Å²) < 4.78 is 12.4. The summed E-state index contributed by atoms with van der Waals surface area (Å²) in [6.45, 7) is 3.98. The number of hydrogen-bond donors (Lipinski definition) is 5. The van der Waals surface area contributed by atoms with Gasteiger partial charge in [0, 0.05) is 34.9 Å². The highest BCUT2D eigenvalue weighted by atomic mass is 127. The molecule has 0 unspecified atom stereocenters. The number of carbonyl (C=O) groups excluding carboxylic acids is 2. The third kappa shape index (κ3) is 13.3. The molecular weight excluding hydrogens is 693 g/mol. The fourth-order valence-corrected chi connectivity index (χ4v) is 4.91. The second-order valence-electron chi connectivity index (χ2n) is 10.3. The Bertz CT molecular complexity index is 1360. The van der Waals surface area contributed by atoms with E-state index in [1.165, 1.54) is 13.0 Å². The topological polar surface area (TPSA) is 150 Å². The van der Waals surface area contributed by atoms with Crippen molar-refractivity contribution in [3.63, 3.8) is 0 Å². The van der Waals surface area contributed by atoms with Gasteiger partial charge in [0.15, 0.2) is 0 Å². The molecule has 1 atom stereocenters. The number of nitrogens with zero attached hydrogens (tertiary/aromatic N) is 1. The number of ether oxygens (including phenoxy) is 2. The van der Waals surface area contributed by atoms with E-state index >= 15 is 0 Å². The summed E-state index contributed by atoms with van der Waals surface area (Å²) >= 11 is 2.15. The number of halogens is 1. The van der Waals surface area contributed by atoms with Gasteiger partial charge in [-0.1, -0.05) is 37.1 Å². The Morgan fingerprint density at radius 3 is 2.49 bits per heavy atom. The van der Waals surface area contributed by atoms with Gasteiger partial charge in [0.2, 0.25) is 0 Å². The van der Waals surface area contributed by atoms with Gasteiger partial charge in [-0.05, 0) is 95.6 Å². The smallest absolute Gasteiger partial charge is 0.359 e. The number of benzene rings is 3. The summed E-state index contributed by atoms with van der Waals surface area (Å²) in [6, 6.07) is 18.5. The number of hydroxylamine groups is 1. The predicted molar refractivity (Wildman–Crippen MR) is 180 cm³/mol. The Morgan fingerprint density at radius 1 is 0.933 bits per heavy atom. The van der Waals surface area contributed by atoms with Crippen LogP contribution in [-0.2, 0) is 32.3 Å². The van der Waals surface area contributed by atoms with Gasteiger partial charge in [0.1, 0.15) is 5.75 Å². The van der Waals surface area contributed by atoms with Crippen LogP contribution in [0.5, 0.6) is 5.75 Å². The first-order valence-corrected chi connectivity index (χ1v) is 16.0. The monoisotopic (exact) mass is 735 g/mol. The molecule has 5 N–H and O–H groups in total. The molecule has 244 valence electrons. The average molecular weight is 736 g/mol. The molecule has 3 aromatic carbocycles. The van der Waals surface area contributed by atoms with Crippen molar-refractivity contribution in [1.29, 1.82) is 0 Å². The van der Waals surface area contributed by atoms with E-state index in [0.29, 0.717) is 55.5 Å². The van der Waals surface area contributed by atoms with Crippen molar-refractivity contribution in [2.24, 2.45) is 0 Å². The van der Waals surface area contributed by atoms with E-state index in [0.717, 1.165) is 46.4 Å². The zero-order valence-electron chi connectivity index (χ0n) is 25.4. The van der Waals surface area contributed by atoms with E-state index in [2.05, 4.69) is 33.2 Å². The molecule has 2 amide bonds. The number of amides is 2. The van der Waals surface area contributed by atoms with E-state index in [-0.39, 0.29) is 12.4 Å². The summed E-state index contributed by atoms with van der Waals surface area (Å²) in [5.74, 6) is -0.601. The lowest BCUT2D eigenvalue weighted by Gasteiger charge is -2.21. The SMILES string of the molecule is CC(=O)ON(C(=O)Nc1cccc(I)c1)c1cccc(COCCOCCCCCCNC[C@H](O)c2ccc(O)c(CO)c2)c1. The molecule has 0 saturated carbocycles. The lowest BCUT2D eigenvalue weighted by molar-refractivity contribution is -0.141. The minimum Gasteiger partial charge on any atom is -0.508 e. The van der Waals surface area contributed by atoms with Gasteiger partial charge in [-0.25, -0.2) is 9.59 Å². The number of hydrogen-bond acceptors (Lipinski definition) is 9. The van der Waals surface area contributed by atoms with Gasteiger partial charge in [0.25, 0.3) is 0 Å². The third-order valence-electron chi connectivity index (χ3n) is 6.65. The number of aliphatic hydroxyl groups is 2. The number of carbonyl (C=O) groups is 2. The first-order chi connectivity index (χ1) is 21.8. The first kappa shape index (κ1) is 36.2. The van der Waals surface area contributed by atoms with Crippen LogP contribution in [0.2, 0.25) is 0 Å². The van der Waals surface area contributed by atoms with Gasteiger partial charge in [-0.15, -0.1) is 5.06 Å². The standard InChI is InChI=1S/C33H42IN3O8/c1-24(39)45-37(33(42)36-29-10-7-9-28(34)20-29)30-11-6-8-25(18-30)23-44-17-16-43-15-5-3-2-4-14-35-21-32(41)26-12-13-31(40)27(19-26)22-38/h6-13,18-20,32,35,38,40-41H,2-5,14-17,21-23H2,1H3,(H,36,42)/t32-/m0/s1. The third-order valence-corrected chi connectivity index (χ3v) is 7.33. The van der Waals surface area contributed by atoms with Gasteiger partial charge < -0.3 is 40.3 Å². The Labute approximate surface area is 277 Å². The van der Waals surface area contributed by atoms with Crippen molar-refractivity contribution in [1.82, 2.24) is 5.32 Å². The Morgan fingerprint density at radius 2 is 1.71 bits per heavy atom. The van der Waals surface area contributed by atoms with Gasteiger partial charge in [0.05, 0.1) is 38.2 Å². The second-order valence-corrected chi connectivity index (χ2v) is 11.6. The fourth-order valence-electron chi connectivity index (χ4n) is 4.37. The van der Waals surface area contributed by atoms with E-state index in [9.17, 15) is 24.9 Å². The Kier molecular flexibility index (Phi) is 16.1. The van der Waals surface area contributed by atoms with Crippen LogP contribution in [0.1, 0.15) is 55.4 Å². The molecule has 11 nitrogen and oxygen atoms in total. The summed E-state index contributed by atoms with van der Waals surface area (Å²) in [7, 11) is 0. The summed E-state index contributed by atoms with van der Waals surface area (Å²) in [6.07, 6.45) is 3.29. The van der Waals surface area contributed by atoms with Crippen LogP contribution in [0.25, 0.3) is 0 Å². The maximum atomic E-state index is 12.9. The minimum atomic E-state index is -0.707. The molecule has 0 radical (unpaired) electrons. The fraction of sp³-hybridized carbons (Fsp3) is 0.394. The Balaban J connectivity index is 1.26. The molecule has 0 bridgehead atoms. The van der Waals surface area contributed by atoms with Crippen LogP contribution >= 0.6 is 22.6 Å². The van der Waals surface area contributed by atoms with Crippen molar-refractivity contribution in [3.8, 4) is 5.75 Å². The number of phenols is 1. The van der Waals surface area contributed by atoms with Gasteiger partial charge in [-0.3, -0.25) is 0 Å². The summed E-state index contributed by atoms with van der Waals surface area (Å²) in [5, 5.41) is 36.1. The quantitative estimate of drug-likeness (QED) is 0.0656. The molecule has 0 saturated heterocycles. The maximum Gasteiger partial charge on any atom is 0.359 e. The molecular formula is C33H42IN3O8. The number of anilines is 2. The lowest BCUT2D eigenvalue weighted by Crippen LogP contribution is -2.36. The van der Waals surface area contributed by atoms with Crippen molar-refractivity contribution in [2.75, 3.05) is 43.3 Å². The highest BCUT2D eigenvalue weighted by Gasteiger charge is 2.20. The van der Waals surface area contributed by atoms with Crippen molar-refractivity contribution in [3.05, 3.63) is 87.0 Å². The van der Waals surface area contributed by atoms with Gasteiger partial charge >= 0.3 is 12.0 Å². The van der Waals surface area contributed by atoms with Crippen molar-refractivity contribution in [2.45, 2.75) is 51.9 Å². The molecule has 3 aromatic rings. The van der Waals surface area contributed by atoms with Crippen LogP contribution in [0.3, 0.4) is 0 Å².